The van der Waals surface area contributed by atoms with Crippen LogP contribution in [0.5, 0.6) is 0 Å². The summed E-state index contributed by atoms with van der Waals surface area (Å²) in [6, 6.07) is 15.8. The fourth-order valence-electron chi connectivity index (χ4n) is 4.63. The molecule has 0 radical (unpaired) electrons. The molecule has 0 aromatic heterocycles. The van der Waals surface area contributed by atoms with Crippen molar-refractivity contribution < 1.29 is 39.4 Å². The average Bonchev–Trinajstić information content (AvgIpc) is 2.90. The number of nitrogens with one attached hydrogen (secondary N) is 1. The molecule has 2 heterocycles. The van der Waals surface area contributed by atoms with Gasteiger partial charge in [0.1, 0.15) is 34.1 Å². The van der Waals surface area contributed by atoms with Gasteiger partial charge in [0.25, 0.3) is 0 Å². The highest BCUT2D eigenvalue weighted by molar-refractivity contribution is 14.1. The van der Waals surface area contributed by atoms with E-state index in [0.29, 0.717) is 11.6 Å². The van der Waals surface area contributed by atoms with E-state index in [2.05, 4.69) is 27.9 Å². The predicted molar refractivity (Wildman–Crippen MR) is 145 cm³/mol. The second kappa shape index (κ2) is 12.5. The topological polar surface area (TPSA) is 130 Å². The number of hydrogen-bond donors (Lipinski definition) is 5. The summed E-state index contributed by atoms with van der Waals surface area (Å²) in [6.45, 7) is 1.76. The van der Waals surface area contributed by atoms with E-state index in [0.717, 1.165) is 16.7 Å². The highest BCUT2D eigenvalue weighted by atomic mass is 127. The summed E-state index contributed by atoms with van der Waals surface area (Å²) in [6.07, 6.45) is -7.78. The number of halogens is 2. The number of ether oxygens (including phenoxy) is 4. The van der Waals surface area contributed by atoms with Gasteiger partial charge in [0.05, 0.1) is 12.7 Å². The molecule has 2 saturated heterocycles. The monoisotopic (exact) mass is 649 g/mol. The van der Waals surface area contributed by atoms with Crippen molar-refractivity contribution in [2.24, 2.45) is 0 Å². The summed E-state index contributed by atoms with van der Waals surface area (Å²) in [5.41, 5.74) is 3.18. The third kappa shape index (κ3) is 6.64. The lowest BCUT2D eigenvalue weighted by Crippen LogP contribution is -2.64. The van der Waals surface area contributed by atoms with Crippen LogP contribution in [0.15, 0.2) is 48.5 Å². The Labute approximate surface area is 234 Å². The van der Waals surface area contributed by atoms with Crippen molar-refractivity contribution in [1.29, 1.82) is 0 Å². The first-order chi connectivity index (χ1) is 17.6. The second-order valence-electron chi connectivity index (χ2n) is 9.38. The molecule has 2 aliphatic rings. The van der Waals surface area contributed by atoms with Gasteiger partial charge in [0, 0.05) is 25.1 Å². The fraction of sp³-hybridized carbons (Fsp3) is 0.538. The first kappa shape index (κ1) is 29.1. The number of rotatable bonds is 8. The minimum Gasteiger partial charge on any atom is -0.394 e. The lowest BCUT2D eigenvalue weighted by Gasteiger charge is -2.47. The minimum absolute atomic E-state index is 0.251. The number of methoxy groups -OCH3 is 1. The quantitative estimate of drug-likeness (QED) is 0.166. The summed E-state index contributed by atoms with van der Waals surface area (Å²) in [4.78, 5) is 0. The molecule has 0 aliphatic carbocycles. The minimum atomic E-state index is -1.36. The van der Waals surface area contributed by atoms with Gasteiger partial charge in [-0.3, -0.25) is 5.32 Å². The van der Waals surface area contributed by atoms with Crippen molar-refractivity contribution in [3.8, 4) is 11.1 Å². The van der Waals surface area contributed by atoms with Crippen LogP contribution in [0.25, 0.3) is 11.1 Å². The van der Waals surface area contributed by atoms with Crippen molar-refractivity contribution in [1.82, 2.24) is 5.32 Å². The highest BCUT2D eigenvalue weighted by Crippen LogP contribution is 2.37. The van der Waals surface area contributed by atoms with Crippen molar-refractivity contribution >= 4 is 34.2 Å². The summed E-state index contributed by atoms with van der Waals surface area (Å²) >= 11 is 8.17. The van der Waals surface area contributed by atoms with Crippen LogP contribution in [-0.4, -0.2) is 86.9 Å². The molecule has 2 aromatic rings. The van der Waals surface area contributed by atoms with E-state index in [4.69, 9.17) is 30.5 Å². The Balaban J connectivity index is 1.41. The van der Waals surface area contributed by atoms with Crippen LogP contribution >= 0.6 is 34.2 Å². The third-order valence-corrected chi connectivity index (χ3v) is 8.54. The normalized spacial score (nSPS) is 36.4. The number of hydrogen-bond acceptors (Lipinski definition) is 9. The van der Waals surface area contributed by atoms with Crippen molar-refractivity contribution in [3.05, 3.63) is 59.1 Å². The molecule has 0 amide bonds. The third-order valence-electron chi connectivity index (χ3n) is 6.83. The standard InChI is InChI=1S/C26H33ClINO8/c1-14-24(33)26(28,29-12-15-3-5-16(6-4-15)17-7-9-18(27)10-8-17)11-20(35-14)37-23-22(32)21(31)19(13-30)36-25(23)34-2/h3-10,14,19-25,29-33H,11-13H2,1-2H3. The fourth-order valence-corrected chi connectivity index (χ4v) is 5.81. The lowest BCUT2D eigenvalue weighted by atomic mass is 9.97. The van der Waals surface area contributed by atoms with E-state index in [9.17, 15) is 20.4 Å². The molecule has 204 valence electrons. The molecule has 9 nitrogen and oxygen atoms in total. The molecular formula is C26H33ClINO8. The van der Waals surface area contributed by atoms with Gasteiger partial charge in [-0.25, -0.2) is 0 Å². The van der Waals surface area contributed by atoms with Gasteiger partial charge in [-0.1, -0.05) is 70.6 Å². The SMILES string of the molecule is COC1OC(CO)C(O)C(O)C1OC1CC(I)(NCc2ccc(-c3ccc(Cl)cc3)cc2)C(O)C(C)O1. The van der Waals surface area contributed by atoms with Crippen LogP contribution < -0.4 is 5.32 Å². The molecular weight excluding hydrogens is 617 g/mol. The van der Waals surface area contributed by atoms with E-state index < -0.39 is 59.4 Å². The molecule has 0 bridgehead atoms. The van der Waals surface area contributed by atoms with E-state index in [1.165, 1.54) is 7.11 Å². The van der Waals surface area contributed by atoms with Crippen molar-refractivity contribution in [2.75, 3.05) is 13.7 Å². The molecule has 5 N–H and O–H groups in total. The van der Waals surface area contributed by atoms with E-state index in [1.807, 2.05) is 48.5 Å². The number of aliphatic hydroxyl groups is 4. The summed E-state index contributed by atoms with van der Waals surface area (Å²) in [5, 5.41) is 45.4. The second-order valence-corrected chi connectivity index (χ2v) is 11.7. The van der Waals surface area contributed by atoms with Gasteiger partial charge in [-0.15, -0.1) is 0 Å². The van der Waals surface area contributed by atoms with E-state index in [-0.39, 0.29) is 6.42 Å². The van der Waals surface area contributed by atoms with E-state index in [1.54, 1.807) is 6.92 Å². The van der Waals surface area contributed by atoms with Gasteiger partial charge >= 0.3 is 0 Å². The van der Waals surface area contributed by atoms with Crippen LogP contribution in [0.4, 0.5) is 0 Å². The van der Waals surface area contributed by atoms with Gasteiger partial charge in [-0.2, -0.15) is 0 Å². The average molecular weight is 650 g/mol. The zero-order chi connectivity index (χ0) is 26.7. The Morgan fingerprint density at radius 1 is 1.03 bits per heavy atom. The summed E-state index contributed by atoms with van der Waals surface area (Å²) < 4.78 is 21.9. The Hall–Kier alpha value is -0.900. The summed E-state index contributed by atoms with van der Waals surface area (Å²) in [7, 11) is 1.39. The smallest absolute Gasteiger partial charge is 0.186 e. The first-order valence-electron chi connectivity index (χ1n) is 12.1. The molecule has 0 spiro atoms. The van der Waals surface area contributed by atoms with E-state index >= 15 is 0 Å². The maximum atomic E-state index is 10.9. The molecule has 4 rings (SSSR count). The Kier molecular flexibility index (Phi) is 9.84. The van der Waals surface area contributed by atoms with Gasteiger partial charge in [-0.05, 0) is 35.7 Å². The Morgan fingerprint density at radius 2 is 1.65 bits per heavy atom. The Morgan fingerprint density at radius 3 is 2.24 bits per heavy atom. The van der Waals surface area contributed by atoms with Gasteiger partial charge < -0.3 is 39.4 Å². The molecule has 2 aromatic carbocycles. The molecule has 0 saturated carbocycles. The first-order valence-corrected chi connectivity index (χ1v) is 13.5. The molecule has 9 atom stereocenters. The molecule has 2 aliphatic heterocycles. The van der Waals surface area contributed by atoms with Crippen LogP contribution in [0.2, 0.25) is 5.02 Å². The van der Waals surface area contributed by atoms with Gasteiger partial charge in [0.2, 0.25) is 0 Å². The number of benzene rings is 2. The van der Waals surface area contributed by atoms with Crippen LogP contribution in [0.1, 0.15) is 18.9 Å². The summed E-state index contributed by atoms with van der Waals surface area (Å²) in [5.74, 6) is 0. The van der Waals surface area contributed by atoms with Gasteiger partial charge in [0.15, 0.2) is 12.6 Å². The zero-order valence-corrected chi connectivity index (χ0v) is 23.5. The number of aliphatic hydroxyl groups excluding tert-OH is 4. The Bertz CT molecular complexity index is 1010. The van der Waals surface area contributed by atoms with Crippen LogP contribution in [0, 0.1) is 0 Å². The zero-order valence-electron chi connectivity index (χ0n) is 20.5. The predicted octanol–water partition coefficient (Wildman–Crippen LogP) is 2.19. The molecule has 11 heteroatoms. The maximum Gasteiger partial charge on any atom is 0.186 e. The largest absolute Gasteiger partial charge is 0.394 e. The molecule has 9 unspecified atom stereocenters. The number of alkyl halides is 1. The highest BCUT2D eigenvalue weighted by Gasteiger charge is 2.50. The van der Waals surface area contributed by atoms with Crippen molar-refractivity contribution in [3.63, 3.8) is 0 Å². The van der Waals surface area contributed by atoms with Crippen LogP contribution in [0.3, 0.4) is 0 Å². The van der Waals surface area contributed by atoms with Crippen LogP contribution in [-0.2, 0) is 25.5 Å². The molecule has 37 heavy (non-hydrogen) atoms. The lowest BCUT2D eigenvalue weighted by molar-refractivity contribution is -0.341. The maximum absolute atomic E-state index is 10.9. The molecule has 2 fully saturated rings. The van der Waals surface area contributed by atoms with Crippen molar-refractivity contribution in [2.45, 2.75) is 72.6 Å².